The Morgan fingerprint density at radius 3 is 2.89 bits per heavy atom. The summed E-state index contributed by atoms with van der Waals surface area (Å²) in [5.41, 5.74) is 0.712. The van der Waals surface area contributed by atoms with Crippen molar-refractivity contribution in [1.82, 2.24) is 5.32 Å². The van der Waals surface area contributed by atoms with Gasteiger partial charge >= 0.3 is 0 Å². The van der Waals surface area contributed by atoms with E-state index < -0.39 is 0 Å². The second kappa shape index (κ2) is 6.55. The molecule has 0 heterocycles. The molecule has 0 amide bonds. The summed E-state index contributed by atoms with van der Waals surface area (Å²) in [6, 6.07) is 8.18. The van der Waals surface area contributed by atoms with E-state index >= 15 is 0 Å². The zero-order chi connectivity index (χ0) is 12.8. The van der Waals surface area contributed by atoms with E-state index in [1.165, 1.54) is 12.8 Å². The molecule has 0 radical (unpaired) electrons. The number of carbonyl (C=O) groups excluding carboxylic acids is 1. The summed E-state index contributed by atoms with van der Waals surface area (Å²) >= 11 is 0. The Morgan fingerprint density at radius 2 is 2.17 bits per heavy atom. The summed E-state index contributed by atoms with van der Waals surface area (Å²) in [6.07, 6.45) is 4.00. The highest BCUT2D eigenvalue weighted by Crippen LogP contribution is 2.21. The highest BCUT2D eigenvalue weighted by molar-refractivity contribution is 5.98. The number of hydrogen-bond acceptors (Lipinski definition) is 3. The molecule has 98 valence electrons. The van der Waals surface area contributed by atoms with E-state index in [2.05, 4.69) is 12.2 Å². The van der Waals surface area contributed by atoms with Crippen LogP contribution in [0, 0.1) is 0 Å². The van der Waals surface area contributed by atoms with Gasteiger partial charge in [-0.2, -0.15) is 0 Å². The number of ether oxygens (including phenoxy) is 1. The van der Waals surface area contributed by atoms with Gasteiger partial charge in [0.25, 0.3) is 0 Å². The molecule has 1 N–H and O–H groups in total. The van der Waals surface area contributed by atoms with Gasteiger partial charge in [0.1, 0.15) is 5.75 Å². The molecular weight excluding hydrogens is 226 g/mol. The van der Waals surface area contributed by atoms with E-state index in [0.29, 0.717) is 24.6 Å². The first-order valence-corrected chi connectivity index (χ1v) is 6.79. The van der Waals surface area contributed by atoms with Crippen LogP contribution in [-0.2, 0) is 0 Å². The third kappa shape index (κ3) is 3.84. The van der Waals surface area contributed by atoms with E-state index in [-0.39, 0.29) is 5.78 Å². The van der Waals surface area contributed by atoms with Gasteiger partial charge in [-0.15, -0.1) is 0 Å². The fourth-order valence-corrected chi connectivity index (χ4v) is 1.85. The number of para-hydroxylation sites is 1. The standard InChI is InChI=1S/C15H21NO2/c1-2-11-18-15-6-4-3-5-13(15)14(17)9-10-16-12-7-8-12/h3-6,12,16H,2,7-11H2,1H3. The molecule has 3 heteroatoms. The lowest BCUT2D eigenvalue weighted by molar-refractivity contribution is 0.0978. The summed E-state index contributed by atoms with van der Waals surface area (Å²) in [6.45, 7) is 3.49. The van der Waals surface area contributed by atoms with Gasteiger partial charge in [0.2, 0.25) is 0 Å². The van der Waals surface area contributed by atoms with Crippen molar-refractivity contribution in [3.8, 4) is 5.75 Å². The SMILES string of the molecule is CCCOc1ccccc1C(=O)CCNC1CC1. The molecule has 2 rings (SSSR count). The molecule has 1 aromatic carbocycles. The number of Topliss-reactive ketones (excluding diaryl/α,β-unsaturated/α-hetero) is 1. The van der Waals surface area contributed by atoms with E-state index in [1.54, 1.807) is 0 Å². The Bertz CT molecular complexity index is 399. The second-order valence-electron chi connectivity index (χ2n) is 4.75. The Balaban J connectivity index is 1.90. The predicted molar refractivity (Wildman–Crippen MR) is 72.2 cm³/mol. The van der Waals surface area contributed by atoms with E-state index in [4.69, 9.17) is 4.74 Å². The maximum absolute atomic E-state index is 12.1. The van der Waals surface area contributed by atoms with Gasteiger partial charge in [0.05, 0.1) is 12.2 Å². The van der Waals surface area contributed by atoms with Crippen LogP contribution in [0.1, 0.15) is 43.0 Å². The topological polar surface area (TPSA) is 38.3 Å². The van der Waals surface area contributed by atoms with Crippen LogP contribution < -0.4 is 10.1 Å². The maximum atomic E-state index is 12.1. The molecule has 1 aliphatic rings. The van der Waals surface area contributed by atoms with Gasteiger partial charge in [-0.1, -0.05) is 19.1 Å². The fraction of sp³-hybridized carbons (Fsp3) is 0.533. The molecule has 0 atom stereocenters. The molecule has 0 aliphatic heterocycles. The van der Waals surface area contributed by atoms with Crippen LogP contribution in [-0.4, -0.2) is 25.0 Å². The Hall–Kier alpha value is -1.35. The first-order valence-electron chi connectivity index (χ1n) is 6.79. The number of ketones is 1. The smallest absolute Gasteiger partial charge is 0.167 e. The minimum atomic E-state index is 0.162. The molecular formula is C15H21NO2. The summed E-state index contributed by atoms with van der Waals surface area (Å²) in [7, 11) is 0. The number of benzene rings is 1. The summed E-state index contributed by atoms with van der Waals surface area (Å²) in [5, 5.41) is 3.36. The summed E-state index contributed by atoms with van der Waals surface area (Å²) in [4.78, 5) is 12.1. The van der Waals surface area contributed by atoms with Gasteiger partial charge in [0.15, 0.2) is 5.78 Å². The molecule has 0 aromatic heterocycles. The lowest BCUT2D eigenvalue weighted by atomic mass is 10.1. The first-order chi connectivity index (χ1) is 8.81. The van der Waals surface area contributed by atoms with Crippen LogP contribution in [0.25, 0.3) is 0 Å². The van der Waals surface area contributed by atoms with Crippen LogP contribution in [0.2, 0.25) is 0 Å². The van der Waals surface area contributed by atoms with Gasteiger partial charge in [0, 0.05) is 19.0 Å². The molecule has 3 nitrogen and oxygen atoms in total. The first kappa shape index (κ1) is 13.1. The number of carbonyl (C=O) groups is 1. The fourth-order valence-electron chi connectivity index (χ4n) is 1.85. The zero-order valence-corrected chi connectivity index (χ0v) is 10.9. The van der Waals surface area contributed by atoms with Gasteiger partial charge < -0.3 is 10.1 Å². The van der Waals surface area contributed by atoms with E-state index in [0.717, 1.165) is 18.7 Å². The monoisotopic (exact) mass is 247 g/mol. The molecule has 1 aromatic rings. The molecule has 0 unspecified atom stereocenters. The largest absolute Gasteiger partial charge is 0.493 e. The number of hydrogen-bond donors (Lipinski definition) is 1. The Kier molecular flexibility index (Phi) is 4.76. The maximum Gasteiger partial charge on any atom is 0.167 e. The number of nitrogens with one attached hydrogen (secondary N) is 1. The van der Waals surface area contributed by atoms with Crippen LogP contribution in [0.3, 0.4) is 0 Å². The second-order valence-corrected chi connectivity index (χ2v) is 4.75. The molecule has 1 saturated carbocycles. The van der Waals surface area contributed by atoms with Crippen molar-refractivity contribution in [3.05, 3.63) is 29.8 Å². The molecule has 1 aliphatic carbocycles. The zero-order valence-electron chi connectivity index (χ0n) is 10.9. The van der Waals surface area contributed by atoms with Gasteiger partial charge in [-0.05, 0) is 31.4 Å². The highest BCUT2D eigenvalue weighted by atomic mass is 16.5. The van der Waals surface area contributed by atoms with Crippen LogP contribution >= 0.6 is 0 Å². The summed E-state index contributed by atoms with van der Waals surface area (Å²) < 4.78 is 5.61. The third-order valence-electron chi connectivity index (χ3n) is 3.01. The third-order valence-corrected chi connectivity index (χ3v) is 3.01. The molecule has 0 saturated heterocycles. The number of rotatable bonds is 8. The average molecular weight is 247 g/mol. The van der Waals surface area contributed by atoms with Crippen molar-refractivity contribution >= 4 is 5.78 Å². The van der Waals surface area contributed by atoms with Crippen molar-refractivity contribution in [2.75, 3.05) is 13.2 Å². The molecule has 18 heavy (non-hydrogen) atoms. The highest BCUT2D eigenvalue weighted by Gasteiger charge is 2.20. The average Bonchev–Trinajstić information content (AvgIpc) is 3.20. The van der Waals surface area contributed by atoms with Crippen molar-refractivity contribution in [2.45, 2.75) is 38.6 Å². The quantitative estimate of drug-likeness (QED) is 0.718. The van der Waals surface area contributed by atoms with Gasteiger partial charge in [-0.3, -0.25) is 4.79 Å². The van der Waals surface area contributed by atoms with Crippen LogP contribution in [0.5, 0.6) is 5.75 Å². The van der Waals surface area contributed by atoms with Crippen LogP contribution in [0.4, 0.5) is 0 Å². The van der Waals surface area contributed by atoms with Crippen molar-refractivity contribution < 1.29 is 9.53 Å². The Labute approximate surface area is 109 Å². The normalized spacial score (nSPS) is 14.5. The summed E-state index contributed by atoms with van der Waals surface area (Å²) in [5.74, 6) is 0.880. The van der Waals surface area contributed by atoms with Crippen molar-refractivity contribution in [1.29, 1.82) is 0 Å². The Morgan fingerprint density at radius 1 is 1.39 bits per heavy atom. The molecule has 1 fully saturated rings. The minimum absolute atomic E-state index is 0.162. The van der Waals surface area contributed by atoms with E-state index in [9.17, 15) is 4.79 Å². The lowest BCUT2D eigenvalue weighted by Crippen LogP contribution is -2.20. The predicted octanol–water partition coefficient (Wildman–Crippen LogP) is 2.80. The lowest BCUT2D eigenvalue weighted by Gasteiger charge is -2.10. The van der Waals surface area contributed by atoms with Gasteiger partial charge in [-0.25, -0.2) is 0 Å². The minimum Gasteiger partial charge on any atom is -0.493 e. The van der Waals surface area contributed by atoms with Crippen LogP contribution in [0.15, 0.2) is 24.3 Å². The molecule has 0 bridgehead atoms. The van der Waals surface area contributed by atoms with Crippen molar-refractivity contribution in [3.63, 3.8) is 0 Å². The van der Waals surface area contributed by atoms with E-state index in [1.807, 2.05) is 24.3 Å². The molecule has 0 spiro atoms. The van der Waals surface area contributed by atoms with Crippen molar-refractivity contribution in [2.24, 2.45) is 0 Å².